The lowest BCUT2D eigenvalue weighted by Crippen LogP contribution is -2.52. The SMILES string of the molecule is CCc1ccc(COC(=O)N2CC[C@H](CNc3ncccn3)C(F)(F)C2)cc1.CS(=O)(=O)O.CS(=O)(=O)O.CS(=O)(=O)O.Cc1ccc(COC(=O)N2CC[C@H](CNc3ncccn3)C(F)(F)C2)cc1.O=C(OCc1ccc(F)cc1)N1CC[C@H](CNc2ncccn2)C(F)(F)C1. The van der Waals surface area contributed by atoms with Crippen LogP contribution < -0.4 is 16.0 Å². The smallest absolute Gasteiger partial charge is 0.410 e. The molecule has 97 heavy (non-hydrogen) atoms. The van der Waals surface area contributed by atoms with Crippen LogP contribution in [-0.2, 0) is 70.8 Å². The van der Waals surface area contributed by atoms with Gasteiger partial charge in [0.25, 0.3) is 48.1 Å². The monoisotopic (exact) mass is 1430 g/mol. The van der Waals surface area contributed by atoms with Gasteiger partial charge in [0, 0.05) is 94.2 Å². The van der Waals surface area contributed by atoms with Crippen molar-refractivity contribution in [3.63, 3.8) is 0 Å². The first-order valence-corrected chi connectivity index (χ1v) is 35.0. The molecule has 0 radical (unpaired) electrons. The highest BCUT2D eigenvalue weighted by Gasteiger charge is 2.48. The molecule has 0 spiro atoms. The van der Waals surface area contributed by atoms with Crippen molar-refractivity contribution in [3.8, 4) is 0 Å². The van der Waals surface area contributed by atoms with E-state index in [0.29, 0.717) is 36.2 Å². The van der Waals surface area contributed by atoms with Crippen molar-refractivity contribution >= 4 is 66.5 Å². The summed E-state index contributed by atoms with van der Waals surface area (Å²) in [5.41, 5.74) is 4.52. The standard InChI is InChI=1S/C20H24F2N4O2.C19H22F2N4O2.C18H19F3N4O2.3CH4O3S/c1-2-15-4-6-16(7-5-15)13-28-19(27)26-11-8-17(20(21,22)14-26)12-25-18-23-9-3-10-24-18;1-14-3-5-15(6-4-14)12-27-18(26)25-10-7-16(19(20,21)13-25)11-24-17-22-8-2-9-23-17;19-15-4-2-13(3-5-15)11-27-17(26)25-9-6-14(18(20,21)12-25)10-24-16-22-7-1-8-23-16;3*1-5(2,3)4/h3-7,9-10,17H,2,8,11-14H2,1H3,(H,23,24,25);2-6,8-9,16H,7,10-13H2,1H3,(H,22,23,24);1-5,7-8,14H,6,9-12H2,(H,22,23,24);3*1H3,(H,2,3,4)/t17-;16-;14-;;;/m111.../s1. The van der Waals surface area contributed by atoms with Crippen LogP contribution in [-0.4, -0.2) is 197 Å². The van der Waals surface area contributed by atoms with Gasteiger partial charge >= 0.3 is 18.3 Å². The summed E-state index contributed by atoms with van der Waals surface area (Å²) in [6.45, 7) is 2.76. The number of aryl methyl sites for hydroxylation is 2. The Bertz CT molecular complexity index is 3490. The summed E-state index contributed by atoms with van der Waals surface area (Å²) in [6.07, 6.45) is 10.5. The van der Waals surface area contributed by atoms with Gasteiger partial charge in [-0.1, -0.05) is 73.2 Å². The number of ether oxygens (including phenoxy) is 3. The quantitative estimate of drug-likeness (QED) is 0.0299. The van der Waals surface area contributed by atoms with Gasteiger partial charge in [0.1, 0.15) is 25.6 Å². The number of piperidine rings is 3. The summed E-state index contributed by atoms with van der Waals surface area (Å²) in [5.74, 6) is -11.3. The maximum atomic E-state index is 14.5. The number of carbonyl (C=O) groups is 3. The van der Waals surface area contributed by atoms with E-state index in [-0.39, 0.29) is 84.3 Å². The number of likely N-dealkylation sites (tertiary alicyclic amines) is 3. The zero-order valence-electron chi connectivity index (χ0n) is 53.3. The van der Waals surface area contributed by atoms with E-state index in [2.05, 4.69) is 52.8 Å². The zero-order valence-corrected chi connectivity index (χ0v) is 55.8. The molecular weight excluding hydrogens is 1360 g/mol. The van der Waals surface area contributed by atoms with Crippen LogP contribution >= 0.6 is 0 Å². The number of benzene rings is 3. The number of carbonyl (C=O) groups excluding carboxylic acids is 3. The van der Waals surface area contributed by atoms with Gasteiger partial charge in [-0.05, 0) is 85.2 Å². The number of rotatable bonds is 16. The lowest BCUT2D eigenvalue weighted by Gasteiger charge is -2.37. The molecule has 37 heteroatoms. The number of hydrogen-bond donors (Lipinski definition) is 6. The van der Waals surface area contributed by atoms with Crippen molar-refractivity contribution < 1.29 is 98.2 Å². The van der Waals surface area contributed by atoms with Gasteiger partial charge in [0.2, 0.25) is 17.8 Å². The second-order valence-corrected chi connectivity index (χ2v) is 26.4. The molecule has 27 nitrogen and oxygen atoms in total. The molecule has 6 heterocycles. The fourth-order valence-corrected chi connectivity index (χ4v) is 8.84. The van der Waals surface area contributed by atoms with Crippen molar-refractivity contribution in [2.75, 3.05) is 93.6 Å². The second kappa shape index (κ2) is 38.3. The Kier molecular flexibility index (Phi) is 31.9. The van der Waals surface area contributed by atoms with Crippen molar-refractivity contribution in [1.82, 2.24) is 44.6 Å². The molecule has 3 aliphatic heterocycles. The van der Waals surface area contributed by atoms with Gasteiger partial charge < -0.3 is 44.9 Å². The number of alkyl halides is 6. The Balaban J connectivity index is 0.000000279. The maximum Gasteiger partial charge on any atom is 0.410 e. The van der Waals surface area contributed by atoms with E-state index >= 15 is 0 Å². The van der Waals surface area contributed by atoms with Gasteiger partial charge in [-0.15, -0.1) is 0 Å². The minimum atomic E-state index is -3.67. The fourth-order valence-electron chi connectivity index (χ4n) is 8.84. The molecular formula is C60H77F7N12O15S3. The molecule has 0 aliphatic carbocycles. The highest BCUT2D eigenvalue weighted by molar-refractivity contribution is 7.85. The number of nitrogens with zero attached hydrogens (tertiary/aromatic N) is 9. The molecule has 3 amide bonds. The highest BCUT2D eigenvalue weighted by atomic mass is 32.2. The van der Waals surface area contributed by atoms with Crippen LogP contribution in [0.1, 0.15) is 54.0 Å². The van der Waals surface area contributed by atoms with E-state index < -0.39 is 110 Å². The van der Waals surface area contributed by atoms with Gasteiger partial charge in [-0.25, -0.2) is 75.0 Å². The Labute approximate surface area is 557 Å². The largest absolute Gasteiger partial charge is 0.445 e. The van der Waals surface area contributed by atoms with Crippen molar-refractivity contribution in [3.05, 3.63) is 162 Å². The summed E-state index contributed by atoms with van der Waals surface area (Å²) in [4.78, 5) is 63.3. The summed E-state index contributed by atoms with van der Waals surface area (Å²) in [7, 11) is -11.0. The van der Waals surface area contributed by atoms with E-state index in [1.807, 2.05) is 55.5 Å². The number of halogens is 7. The van der Waals surface area contributed by atoms with Crippen molar-refractivity contribution in [2.45, 2.75) is 77.1 Å². The fraction of sp³-hybridized carbons (Fsp3) is 0.450. The molecule has 0 bridgehead atoms. The predicted octanol–water partition coefficient (Wildman–Crippen LogP) is 9.07. The van der Waals surface area contributed by atoms with Crippen LogP contribution in [0, 0.1) is 30.5 Å². The Morgan fingerprint density at radius 1 is 0.464 bits per heavy atom. The molecule has 3 aromatic heterocycles. The van der Waals surface area contributed by atoms with Gasteiger partial charge in [0.15, 0.2) is 0 Å². The zero-order chi connectivity index (χ0) is 72.0. The molecule has 6 aromatic rings. The molecule has 6 N–H and O–H groups in total. The molecule has 3 saturated heterocycles. The van der Waals surface area contributed by atoms with Gasteiger partial charge in [0.05, 0.1) is 38.4 Å². The van der Waals surface area contributed by atoms with Gasteiger partial charge in [-0.3, -0.25) is 13.7 Å². The normalized spacial score (nSPS) is 17.6. The highest BCUT2D eigenvalue weighted by Crippen LogP contribution is 2.36. The minimum absolute atomic E-state index is 0.00941. The molecule has 0 saturated carbocycles. The van der Waals surface area contributed by atoms with E-state index in [9.17, 15) is 70.4 Å². The Morgan fingerprint density at radius 3 is 0.948 bits per heavy atom. The van der Waals surface area contributed by atoms with Crippen LogP contribution in [0.5, 0.6) is 0 Å². The molecule has 0 unspecified atom stereocenters. The lowest BCUT2D eigenvalue weighted by molar-refractivity contribution is -0.102. The van der Waals surface area contributed by atoms with Crippen molar-refractivity contribution in [1.29, 1.82) is 0 Å². The lowest BCUT2D eigenvalue weighted by atomic mass is 9.93. The summed E-state index contributed by atoms with van der Waals surface area (Å²) in [6, 6.07) is 25.6. The second-order valence-electron chi connectivity index (χ2n) is 22.0. The molecule has 3 fully saturated rings. The molecule has 3 atom stereocenters. The summed E-state index contributed by atoms with van der Waals surface area (Å²) >= 11 is 0. The predicted molar refractivity (Wildman–Crippen MR) is 342 cm³/mol. The molecule has 9 rings (SSSR count). The summed E-state index contributed by atoms with van der Waals surface area (Å²) in [5, 5.41) is 8.46. The van der Waals surface area contributed by atoms with Crippen LogP contribution in [0.4, 0.5) is 63.0 Å². The van der Waals surface area contributed by atoms with Gasteiger partial charge in [-0.2, -0.15) is 25.3 Å². The van der Waals surface area contributed by atoms with E-state index in [1.54, 1.807) is 43.0 Å². The molecule has 3 aromatic carbocycles. The van der Waals surface area contributed by atoms with Crippen LogP contribution in [0.2, 0.25) is 0 Å². The third kappa shape index (κ3) is 33.7. The average Bonchev–Trinajstić information content (AvgIpc) is 0.833. The molecule has 3 aliphatic rings. The number of hydrogen-bond acceptors (Lipinski definition) is 21. The number of aromatic nitrogens is 6. The van der Waals surface area contributed by atoms with Crippen LogP contribution in [0.15, 0.2) is 128 Å². The Hall–Kier alpha value is -8.65. The van der Waals surface area contributed by atoms with Crippen LogP contribution in [0.25, 0.3) is 0 Å². The van der Waals surface area contributed by atoms with Crippen molar-refractivity contribution in [2.24, 2.45) is 17.8 Å². The van der Waals surface area contributed by atoms with Crippen LogP contribution in [0.3, 0.4) is 0 Å². The maximum absolute atomic E-state index is 14.5. The third-order valence-corrected chi connectivity index (χ3v) is 13.8. The topological polar surface area (TPSA) is 365 Å². The number of anilines is 3. The number of amides is 3. The molecule has 534 valence electrons. The summed E-state index contributed by atoms with van der Waals surface area (Å²) < 4.78 is 193. The van der Waals surface area contributed by atoms with E-state index in [4.69, 9.17) is 27.9 Å². The Morgan fingerprint density at radius 2 is 0.701 bits per heavy atom. The third-order valence-electron chi connectivity index (χ3n) is 13.8. The first-order valence-electron chi connectivity index (χ1n) is 29.4. The first-order chi connectivity index (χ1) is 45.4. The average molecular weight is 1440 g/mol. The number of nitrogens with one attached hydrogen (secondary N) is 3. The first kappa shape index (κ1) is 80.8. The van der Waals surface area contributed by atoms with E-state index in [0.717, 1.165) is 37.8 Å². The van der Waals surface area contributed by atoms with E-state index in [1.165, 1.54) is 42.2 Å². The minimum Gasteiger partial charge on any atom is -0.445 e.